The van der Waals surface area contributed by atoms with Crippen LogP contribution in [0, 0.1) is 5.92 Å². The van der Waals surface area contributed by atoms with Gasteiger partial charge in [-0.2, -0.15) is 0 Å². The molecule has 0 amide bonds. The molecule has 1 fully saturated rings. The van der Waals surface area contributed by atoms with Crippen LogP contribution in [-0.4, -0.2) is 45.7 Å². The fourth-order valence-corrected chi connectivity index (χ4v) is 3.43. The second kappa shape index (κ2) is 7.81. The van der Waals surface area contributed by atoms with Crippen LogP contribution in [0.25, 0.3) is 0 Å². The first-order chi connectivity index (χ1) is 10.1. The van der Waals surface area contributed by atoms with Gasteiger partial charge in [0.05, 0.1) is 0 Å². The van der Waals surface area contributed by atoms with Crippen LogP contribution in [0.5, 0.6) is 0 Å². The molecule has 1 aromatic carbocycles. The summed E-state index contributed by atoms with van der Waals surface area (Å²) in [5.74, 6) is 0.723. The average molecular weight is 289 g/mol. The largest absolute Gasteiger partial charge is 0.378 e. The quantitative estimate of drug-likeness (QED) is 0.812. The lowest BCUT2D eigenvalue weighted by Crippen LogP contribution is -2.40. The molecular weight excluding hydrogens is 258 g/mol. The molecule has 1 heterocycles. The Bertz CT molecular complexity index is 413. The van der Waals surface area contributed by atoms with E-state index in [1.165, 1.54) is 37.1 Å². The summed E-state index contributed by atoms with van der Waals surface area (Å²) in [6.45, 7) is 5.71. The Morgan fingerprint density at radius 2 is 1.95 bits per heavy atom. The third-order valence-corrected chi connectivity index (χ3v) is 4.59. The third-order valence-electron chi connectivity index (χ3n) is 4.59. The predicted molar refractivity (Wildman–Crippen MR) is 92.0 cm³/mol. The van der Waals surface area contributed by atoms with Gasteiger partial charge in [0.25, 0.3) is 0 Å². The fourth-order valence-electron chi connectivity index (χ4n) is 3.43. The fraction of sp³-hybridized carbons (Fsp3) is 0.667. The third kappa shape index (κ3) is 4.21. The number of likely N-dealkylation sites (tertiary alicyclic amines) is 1. The molecule has 118 valence electrons. The van der Waals surface area contributed by atoms with E-state index >= 15 is 0 Å². The molecule has 0 spiro atoms. The minimum absolute atomic E-state index is 0.555. The van der Waals surface area contributed by atoms with Crippen molar-refractivity contribution < 1.29 is 0 Å². The average Bonchev–Trinajstić information content (AvgIpc) is 2.48. The molecule has 0 saturated carbocycles. The van der Waals surface area contributed by atoms with E-state index in [0.29, 0.717) is 6.04 Å². The summed E-state index contributed by atoms with van der Waals surface area (Å²) in [7, 11) is 6.47. The normalized spacial score (nSPS) is 23.2. The second-order valence-electron chi connectivity index (χ2n) is 6.52. The molecule has 2 unspecified atom stereocenters. The minimum atomic E-state index is 0.555. The topological polar surface area (TPSA) is 18.5 Å². The monoisotopic (exact) mass is 289 g/mol. The maximum Gasteiger partial charge on any atom is 0.0385 e. The van der Waals surface area contributed by atoms with Crippen LogP contribution in [-0.2, 0) is 0 Å². The molecule has 0 radical (unpaired) electrons. The highest BCUT2D eigenvalue weighted by atomic mass is 15.1. The molecule has 1 N–H and O–H groups in total. The van der Waals surface area contributed by atoms with Gasteiger partial charge in [-0.15, -0.1) is 0 Å². The number of hydrogen-bond acceptors (Lipinski definition) is 3. The molecule has 1 saturated heterocycles. The summed E-state index contributed by atoms with van der Waals surface area (Å²) < 4.78 is 0. The van der Waals surface area contributed by atoms with Gasteiger partial charge in [0.1, 0.15) is 0 Å². The first kappa shape index (κ1) is 16.3. The Hall–Kier alpha value is -1.06. The molecule has 2 rings (SSSR count). The molecule has 0 aromatic heterocycles. The maximum atomic E-state index is 3.62. The van der Waals surface area contributed by atoms with E-state index in [2.05, 4.69) is 67.4 Å². The van der Waals surface area contributed by atoms with E-state index in [-0.39, 0.29) is 0 Å². The highest BCUT2D eigenvalue weighted by molar-refractivity contribution is 5.46. The highest BCUT2D eigenvalue weighted by Gasteiger charge is 2.30. The van der Waals surface area contributed by atoms with Crippen molar-refractivity contribution in [2.75, 3.05) is 45.7 Å². The highest BCUT2D eigenvalue weighted by Crippen LogP contribution is 2.35. The Morgan fingerprint density at radius 3 is 2.57 bits per heavy atom. The summed E-state index contributed by atoms with van der Waals surface area (Å²) in [5, 5.41) is 3.62. The lowest BCUT2D eigenvalue weighted by atomic mass is 9.84. The number of anilines is 1. The first-order valence-corrected chi connectivity index (χ1v) is 8.31. The van der Waals surface area contributed by atoms with Crippen LogP contribution in [0.2, 0.25) is 0 Å². The molecule has 21 heavy (non-hydrogen) atoms. The van der Waals surface area contributed by atoms with E-state index in [1.54, 1.807) is 0 Å². The first-order valence-electron chi connectivity index (χ1n) is 8.31. The lowest BCUT2D eigenvalue weighted by molar-refractivity contribution is 0.119. The molecule has 2 atom stereocenters. The van der Waals surface area contributed by atoms with Gasteiger partial charge >= 0.3 is 0 Å². The number of rotatable bonds is 6. The number of nitrogens with one attached hydrogen (secondary N) is 1. The summed E-state index contributed by atoms with van der Waals surface area (Å²) in [4.78, 5) is 4.70. The van der Waals surface area contributed by atoms with Crippen molar-refractivity contribution in [2.45, 2.75) is 32.2 Å². The van der Waals surface area contributed by atoms with Gasteiger partial charge in [-0.1, -0.05) is 19.1 Å². The maximum absolute atomic E-state index is 3.62. The van der Waals surface area contributed by atoms with Crippen molar-refractivity contribution in [3.05, 3.63) is 29.8 Å². The number of piperidine rings is 1. The van der Waals surface area contributed by atoms with E-state index in [1.807, 2.05) is 0 Å². The van der Waals surface area contributed by atoms with Crippen molar-refractivity contribution in [2.24, 2.45) is 5.92 Å². The van der Waals surface area contributed by atoms with Crippen LogP contribution >= 0.6 is 0 Å². The Morgan fingerprint density at radius 1 is 1.24 bits per heavy atom. The number of benzene rings is 1. The Kier molecular flexibility index (Phi) is 6.07. The minimum Gasteiger partial charge on any atom is -0.378 e. The van der Waals surface area contributed by atoms with E-state index in [9.17, 15) is 0 Å². The van der Waals surface area contributed by atoms with Crippen LogP contribution < -0.4 is 10.2 Å². The number of hydrogen-bond donors (Lipinski definition) is 1. The molecule has 1 aliphatic rings. The lowest BCUT2D eigenvalue weighted by Gasteiger charge is -2.40. The van der Waals surface area contributed by atoms with Gasteiger partial charge in [0.15, 0.2) is 0 Å². The van der Waals surface area contributed by atoms with Crippen LogP contribution in [0.4, 0.5) is 5.69 Å². The summed E-state index contributed by atoms with van der Waals surface area (Å²) in [6, 6.07) is 9.67. The molecule has 1 aromatic rings. The zero-order chi connectivity index (χ0) is 15.2. The van der Waals surface area contributed by atoms with E-state index < -0.39 is 0 Å². The van der Waals surface area contributed by atoms with Crippen molar-refractivity contribution in [1.29, 1.82) is 0 Å². The Labute approximate surface area is 130 Å². The van der Waals surface area contributed by atoms with Crippen LogP contribution in [0.3, 0.4) is 0 Å². The SMILES string of the molecule is CCCNCC1CCCN(C)C1c1ccc(N(C)C)cc1. The molecule has 3 heteroatoms. The van der Waals surface area contributed by atoms with Crippen molar-refractivity contribution in [3.63, 3.8) is 0 Å². The summed E-state index contributed by atoms with van der Waals surface area (Å²) >= 11 is 0. The number of nitrogens with zero attached hydrogens (tertiary/aromatic N) is 2. The summed E-state index contributed by atoms with van der Waals surface area (Å²) in [6.07, 6.45) is 3.87. The zero-order valence-corrected chi connectivity index (χ0v) is 14.1. The van der Waals surface area contributed by atoms with Gasteiger partial charge in [-0.3, -0.25) is 4.90 Å². The van der Waals surface area contributed by atoms with Gasteiger partial charge < -0.3 is 10.2 Å². The molecule has 3 nitrogen and oxygen atoms in total. The summed E-state index contributed by atoms with van der Waals surface area (Å²) in [5.41, 5.74) is 2.74. The van der Waals surface area contributed by atoms with Crippen LogP contribution in [0.1, 0.15) is 37.8 Å². The van der Waals surface area contributed by atoms with Crippen molar-refractivity contribution in [3.8, 4) is 0 Å². The van der Waals surface area contributed by atoms with Gasteiger partial charge in [-0.05, 0) is 69.6 Å². The smallest absolute Gasteiger partial charge is 0.0385 e. The van der Waals surface area contributed by atoms with Gasteiger partial charge in [0, 0.05) is 25.8 Å². The molecular formula is C18H31N3. The molecule has 1 aliphatic heterocycles. The Balaban J connectivity index is 2.11. The predicted octanol–water partition coefficient (Wildman–Crippen LogP) is 3.14. The molecule has 0 aliphatic carbocycles. The zero-order valence-electron chi connectivity index (χ0n) is 14.1. The molecule has 0 bridgehead atoms. The second-order valence-corrected chi connectivity index (χ2v) is 6.52. The standard InChI is InChI=1S/C18H31N3/c1-5-12-19-14-16-7-6-13-21(4)18(16)15-8-10-17(11-9-15)20(2)3/h8-11,16,18-19H,5-7,12-14H2,1-4H3. The van der Waals surface area contributed by atoms with Gasteiger partial charge in [0.2, 0.25) is 0 Å². The van der Waals surface area contributed by atoms with E-state index in [4.69, 9.17) is 0 Å². The van der Waals surface area contributed by atoms with Crippen LogP contribution in [0.15, 0.2) is 24.3 Å². The van der Waals surface area contributed by atoms with E-state index in [0.717, 1.165) is 19.0 Å². The van der Waals surface area contributed by atoms with Crippen molar-refractivity contribution in [1.82, 2.24) is 10.2 Å². The van der Waals surface area contributed by atoms with Gasteiger partial charge in [-0.25, -0.2) is 0 Å². The van der Waals surface area contributed by atoms with Crippen molar-refractivity contribution >= 4 is 5.69 Å².